The molecule has 1 amide bonds. The molecule has 1 saturated carbocycles. The fraction of sp³-hybridized carbons (Fsp3) is 0.318. The Hall–Kier alpha value is -2.02. The van der Waals surface area contributed by atoms with E-state index in [1.54, 1.807) is 18.2 Å². The SMILES string of the molecule is CCn1c(SCC(=O)Nc2cc(Cl)ccc2Cl)nnc1C1CC1c1ccc(C)cc1. The van der Waals surface area contributed by atoms with Crippen molar-refractivity contribution in [1.29, 1.82) is 0 Å². The topological polar surface area (TPSA) is 59.8 Å². The van der Waals surface area contributed by atoms with Crippen LogP contribution in [0.2, 0.25) is 10.0 Å². The predicted octanol–water partition coefficient (Wildman–Crippen LogP) is 5.92. The van der Waals surface area contributed by atoms with Crippen LogP contribution in [-0.2, 0) is 11.3 Å². The maximum atomic E-state index is 12.4. The zero-order valence-electron chi connectivity index (χ0n) is 16.7. The highest BCUT2D eigenvalue weighted by molar-refractivity contribution is 7.99. The summed E-state index contributed by atoms with van der Waals surface area (Å²) in [5.41, 5.74) is 3.12. The van der Waals surface area contributed by atoms with Gasteiger partial charge in [-0.1, -0.05) is 64.8 Å². The van der Waals surface area contributed by atoms with E-state index in [-0.39, 0.29) is 11.7 Å². The summed E-state index contributed by atoms with van der Waals surface area (Å²) in [6.45, 7) is 4.94. The van der Waals surface area contributed by atoms with Crippen LogP contribution in [0.15, 0.2) is 47.6 Å². The molecular weight excluding hydrogens is 439 g/mol. The summed E-state index contributed by atoms with van der Waals surface area (Å²) >= 11 is 13.5. The normalized spacial score (nSPS) is 17.7. The van der Waals surface area contributed by atoms with E-state index in [2.05, 4.69) is 58.2 Å². The van der Waals surface area contributed by atoms with E-state index in [9.17, 15) is 4.79 Å². The molecule has 0 saturated heterocycles. The molecule has 5 nitrogen and oxygen atoms in total. The number of nitrogens with zero attached hydrogens (tertiary/aromatic N) is 3. The highest BCUT2D eigenvalue weighted by atomic mass is 35.5. The number of nitrogens with one attached hydrogen (secondary N) is 1. The van der Waals surface area contributed by atoms with Crippen molar-refractivity contribution >= 4 is 46.6 Å². The molecule has 3 aromatic rings. The lowest BCUT2D eigenvalue weighted by Gasteiger charge is -2.09. The van der Waals surface area contributed by atoms with Gasteiger partial charge in [-0.25, -0.2) is 0 Å². The van der Waals surface area contributed by atoms with Gasteiger partial charge in [-0.2, -0.15) is 0 Å². The van der Waals surface area contributed by atoms with Crippen molar-refractivity contribution in [1.82, 2.24) is 14.8 Å². The Morgan fingerprint density at radius 2 is 1.93 bits per heavy atom. The van der Waals surface area contributed by atoms with Crippen molar-refractivity contribution in [2.75, 3.05) is 11.1 Å². The van der Waals surface area contributed by atoms with Crippen molar-refractivity contribution in [2.24, 2.45) is 0 Å². The van der Waals surface area contributed by atoms with Gasteiger partial charge in [0.25, 0.3) is 0 Å². The first-order chi connectivity index (χ1) is 14.5. The first-order valence-corrected chi connectivity index (χ1v) is 11.6. The van der Waals surface area contributed by atoms with Gasteiger partial charge in [0.05, 0.1) is 16.5 Å². The van der Waals surface area contributed by atoms with Gasteiger partial charge in [0.2, 0.25) is 5.91 Å². The number of rotatable bonds is 7. The molecule has 2 aromatic carbocycles. The lowest BCUT2D eigenvalue weighted by atomic mass is 10.1. The Kier molecular flexibility index (Phi) is 6.37. The fourth-order valence-electron chi connectivity index (χ4n) is 3.55. The number of amides is 1. The molecule has 2 unspecified atom stereocenters. The fourth-order valence-corrected chi connectivity index (χ4v) is 4.70. The van der Waals surface area contributed by atoms with Gasteiger partial charge in [-0.3, -0.25) is 4.79 Å². The molecule has 8 heteroatoms. The van der Waals surface area contributed by atoms with Gasteiger partial charge in [0.15, 0.2) is 5.16 Å². The highest BCUT2D eigenvalue weighted by Crippen LogP contribution is 2.54. The Morgan fingerprint density at radius 1 is 1.17 bits per heavy atom. The second kappa shape index (κ2) is 9.00. The van der Waals surface area contributed by atoms with E-state index in [4.69, 9.17) is 23.2 Å². The molecule has 0 bridgehead atoms. The first-order valence-electron chi connectivity index (χ1n) is 9.83. The standard InChI is InChI=1S/C22H22Cl2N4OS/c1-3-28-21(17-11-16(17)14-6-4-13(2)5-7-14)26-27-22(28)30-12-20(29)25-19-10-15(23)8-9-18(19)24/h4-10,16-17H,3,11-12H2,1-2H3,(H,25,29). The van der Waals surface area contributed by atoms with Gasteiger partial charge < -0.3 is 9.88 Å². The largest absolute Gasteiger partial charge is 0.324 e. The number of thioether (sulfide) groups is 1. The van der Waals surface area contributed by atoms with E-state index in [0.29, 0.717) is 27.6 Å². The Bertz CT molecular complexity index is 1070. The molecule has 1 heterocycles. The lowest BCUT2D eigenvalue weighted by molar-refractivity contribution is -0.113. The quantitative estimate of drug-likeness (QED) is 0.444. The van der Waals surface area contributed by atoms with Crippen molar-refractivity contribution in [3.63, 3.8) is 0 Å². The number of hydrogen-bond acceptors (Lipinski definition) is 4. The number of aryl methyl sites for hydroxylation is 1. The predicted molar refractivity (Wildman–Crippen MR) is 123 cm³/mol. The van der Waals surface area contributed by atoms with Crippen LogP contribution in [0, 0.1) is 6.92 Å². The van der Waals surface area contributed by atoms with Crippen LogP contribution < -0.4 is 5.32 Å². The van der Waals surface area contributed by atoms with Crippen LogP contribution in [-0.4, -0.2) is 26.4 Å². The summed E-state index contributed by atoms with van der Waals surface area (Å²) in [5, 5.41) is 13.3. The minimum absolute atomic E-state index is 0.166. The number of carbonyl (C=O) groups is 1. The number of hydrogen-bond donors (Lipinski definition) is 1. The van der Waals surface area contributed by atoms with E-state index in [1.165, 1.54) is 22.9 Å². The second-order valence-electron chi connectivity index (χ2n) is 7.41. The van der Waals surface area contributed by atoms with Crippen molar-refractivity contribution in [2.45, 2.75) is 43.8 Å². The van der Waals surface area contributed by atoms with Gasteiger partial charge in [0.1, 0.15) is 5.82 Å². The Labute approximate surface area is 190 Å². The summed E-state index contributed by atoms with van der Waals surface area (Å²) in [7, 11) is 0. The zero-order valence-corrected chi connectivity index (χ0v) is 19.1. The monoisotopic (exact) mass is 460 g/mol. The molecule has 1 aliphatic carbocycles. The zero-order chi connectivity index (χ0) is 21.3. The van der Waals surface area contributed by atoms with E-state index < -0.39 is 0 Å². The number of carbonyl (C=O) groups excluding carboxylic acids is 1. The molecule has 4 rings (SSSR count). The first kappa shape index (κ1) is 21.2. The number of benzene rings is 2. The second-order valence-corrected chi connectivity index (χ2v) is 9.19. The van der Waals surface area contributed by atoms with Gasteiger partial charge in [0, 0.05) is 17.5 Å². The maximum absolute atomic E-state index is 12.4. The minimum Gasteiger partial charge on any atom is -0.324 e. The van der Waals surface area contributed by atoms with Crippen LogP contribution in [0.4, 0.5) is 5.69 Å². The van der Waals surface area contributed by atoms with Crippen LogP contribution >= 0.6 is 35.0 Å². The Morgan fingerprint density at radius 3 is 2.67 bits per heavy atom. The molecule has 2 atom stereocenters. The molecule has 1 aliphatic rings. The third-order valence-corrected chi connectivity index (χ3v) is 6.76. The summed E-state index contributed by atoms with van der Waals surface area (Å²) < 4.78 is 2.11. The van der Waals surface area contributed by atoms with Crippen LogP contribution in [0.3, 0.4) is 0 Å². The highest BCUT2D eigenvalue weighted by Gasteiger charge is 2.43. The molecule has 0 radical (unpaired) electrons. The summed E-state index contributed by atoms with van der Waals surface area (Å²) in [6.07, 6.45) is 1.08. The summed E-state index contributed by atoms with van der Waals surface area (Å²) in [4.78, 5) is 12.4. The molecule has 1 fully saturated rings. The molecule has 1 N–H and O–H groups in total. The lowest BCUT2D eigenvalue weighted by Crippen LogP contribution is -2.15. The third kappa shape index (κ3) is 4.66. The number of aromatic nitrogens is 3. The van der Waals surface area contributed by atoms with Gasteiger partial charge >= 0.3 is 0 Å². The van der Waals surface area contributed by atoms with Crippen LogP contribution in [0.5, 0.6) is 0 Å². The Balaban J connectivity index is 1.40. The molecule has 30 heavy (non-hydrogen) atoms. The summed E-state index contributed by atoms with van der Waals surface area (Å²) in [5.74, 6) is 1.93. The maximum Gasteiger partial charge on any atom is 0.234 e. The average molecular weight is 461 g/mol. The van der Waals surface area contributed by atoms with Gasteiger partial charge in [-0.05, 0) is 49.9 Å². The average Bonchev–Trinajstić information content (AvgIpc) is 3.41. The molecule has 1 aromatic heterocycles. The minimum atomic E-state index is -0.166. The molecule has 0 aliphatic heterocycles. The van der Waals surface area contributed by atoms with E-state index >= 15 is 0 Å². The third-order valence-electron chi connectivity index (χ3n) is 5.22. The van der Waals surface area contributed by atoms with Gasteiger partial charge in [-0.15, -0.1) is 10.2 Å². The molecule has 156 valence electrons. The van der Waals surface area contributed by atoms with Crippen LogP contribution in [0.25, 0.3) is 0 Å². The van der Waals surface area contributed by atoms with E-state index in [1.807, 2.05) is 0 Å². The van der Waals surface area contributed by atoms with Crippen molar-refractivity contribution in [3.05, 3.63) is 69.5 Å². The number of halogens is 2. The van der Waals surface area contributed by atoms with Crippen molar-refractivity contribution < 1.29 is 4.79 Å². The van der Waals surface area contributed by atoms with E-state index in [0.717, 1.165) is 23.9 Å². The smallest absolute Gasteiger partial charge is 0.234 e. The number of anilines is 1. The van der Waals surface area contributed by atoms with Crippen LogP contribution in [0.1, 0.15) is 42.1 Å². The summed E-state index contributed by atoms with van der Waals surface area (Å²) in [6, 6.07) is 13.7. The van der Waals surface area contributed by atoms with Crippen molar-refractivity contribution in [3.8, 4) is 0 Å². The molecular formula is C22H22Cl2N4OS. The molecule has 0 spiro atoms.